The Labute approximate surface area is 177 Å². The Bertz CT molecular complexity index is 1040. The van der Waals surface area contributed by atoms with Crippen LogP contribution >= 0.6 is 0 Å². The lowest BCUT2D eigenvalue weighted by molar-refractivity contribution is -0.119. The van der Waals surface area contributed by atoms with Crippen LogP contribution in [-0.4, -0.2) is 55.6 Å². The molecule has 1 aliphatic heterocycles. The van der Waals surface area contributed by atoms with E-state index in [1.807, 2.05) is 31.2 Å². The second-order valence-corrected chi connectivity index (χ2v) is 9.48. The summed E-state index contributed by atoms with van der Waals surface area (Å²) in [5.41, 5.74) is 3.08. The molecular formula is C22H27N3O4S. The SMILES string of the molecule is CC(=O)NCc1ccc(C(=O)N2CCN(S(=O)(=O)c3cc(C)ccc3C)CC2)cc1. The fourth-order valence-electron chi connectivity index (χ4n) is 3.43. The van der Waals surface area contributed by atoms with Crippen molar-refractivity contribution >= 4 is 21.8 Å². The molecule has 160 valence electrons. The van der Waals surface area contributed by atoms with E-state index in [4.69, 9.17) is 0 Å². The number of hydrogen-bond donors (Lipinski definition) is 1. The molecule has 0 bridgehead atoms. The van der Waals surface area contributed by atoms with Crippen LogP contribution in [-0.2, 0) is 21.4 Å². The van der Waals surface area contributed by atoms with Crippen LogP contribution in [0.3, 0.4) is 0 Å². The van der Waals surface area contributed by atoms with Gasteiger partial charge in [-0.2, -0.15) is 4.31 Å². The number of benzene rings is 2. The molecule has 0 unspecified atom stereocenters. The molecule has 1 fully saturated rings. The first-order chi connectivity index (χ1) is 14.2. The molecule has 0 spiro atoms. The molecule has 0 aromatic heterocycles. The summed E-state index contributed by atoms with van der Waals surface area (Å²) in [6, 6.07) is 12.5. The number of nitrogens with zero attached hydrogens (tertiary/aromatic N) is 2. The van der Waals surface area contributed by atoms with Gasteiger partial charge in [0, 0.05) is 45.2 Å². The minimum atomic E-state index is -3.59. The van der Waals surface area contributed by atoms with E-state index in [9.17, 15) is 18.0 Å². The summed E-state index contributed by atoms with van der Waals surface area (Å²) < 4.78 is 27.5. The van der Waals surface area contributed by atoms with Gasteiger partial charge in [0.1, 0.15) is 0 Å². The van der Waals surface area contributed by atoms with Crippen molar-refractivity contribution in [3.05, 3.63) is 64.7 Å². The smallest absolute Gasteiger partial charge is 0.253 e. The number of nitrogens with one attached hydrogen (secondary N) is 1. The Hall–Kier alpha value is -2.71. The van der Waals surface area contributed by atoms with Crippen molar-refractivity contribution in [1.29, 1.82) is 0 Å². The Balaban J connectivity index is 1.64. The largest absolute Gasteiger partial charge is 0.352 e. The summed E-state index contributed by atoms with van der Waals surface area (Å²) in [5, 5.41) is 2.72. The first-order valence-electron chi connectivity index (χ1n) is 9.88. The molecule has 7 nitrogen and oxygen atoms in total. The number of amides is 2. The average Bonchev–Trinajstić information content (AvgIpc) is 2.74. The second kappa shape index (κ2) is 8.97. The van der Waals surface area contributed by atoms with Crippen molar-refractivity contribution in [3.63, 3.8) is 0 Å². The highest BCUT2D eigenvalue weighted by Crippen LogP contribution is 2.23. The zero-order valence-electron chi connectivity index (χ0n) is 17.5. The minimum absolute atomic E-state index is 0.108. The highest BCUT2D eigenvalue weighted by Gasteiger charge is 2.31. The van der Waals surface area contributed by atoms with Gasteiger partial charge in [0.05, 0.1) is 4.90 Å². The van der Waals surface area contributed by atoms with Gasteiger partial charge < -0.3 is 10.2 Å². The van der Waals surface area contributed by atoms with Crippen LogP contribution < -0.4 is 5.32 Å². The average molecular weight is 430 g/mol. The van der Waals surface area contributed by atoms with E-state index in [0.717, 1.165) is 16.7 Å². The predicted molar refractivity (Wildman–Crippen MR) is 115 cm³/mol. The number of hydrogen-bond acceptors (Lipinski definition) is 4. The molecular weight excluding hydrogens is 402 g/mol. The first kappa shape index (κ1) is 22.0. The summed E-state index contributed by atoms with van der Waals surface area (Å²) in [4.78, 5) is 25.8. The summed E-state index contributed by atoms with van der Waals surface area (Å²) in [5.74, 6) is -0.228. The molecule has 2 aromatic carbocycles. The van der Waals surface area contributed by atoms with E-state index in [1.165, 1.54) is 11.2 Å². The maximum absolute atomic E-state index is 13.0. The van der Waals surface area contributed by atoms with Gasteiger partial charge in [-0.3, -0.25) is 9.59 Å². The van der Waals surface area contributed by atoms with Gasteiger partial charge in [-0.15, -0.1) is 0 Å². The Morgan fingerprint density at radius 1 is 0.967 bits per heavy atom. The van der Waals surface area contributed by atoms with E-state index in [2.05, 4.69) is 5.32 Å². The molecule has 1 aliphatic rings. The number of carbonyl (C=O) groups is 2. The summed E-state index contributed by atoms with van der Waals surface area (Å²) in [6.45, 7) is 6.76. The standard InChI is InChI=1S/C22H27N3O4S/c1-16-4-5-17(2)21(14-16)30(28,29)25-12-10-24(11-13-25)22(27)20-8-6-19(7-9-20)15-23-18(3)26/h4-9,14H,10-13,15H2,1-3H3,(H,23,26). The van der Waals surface area contributed by atoms with E-state index >= 15 is 0 Å². The molecule has 2 aromatic rings. The first-order valence-corrected chi connectivity index (χ1v) is 11.3. The highest BCUT2D eigenvalue weighted by molar-refractivity contribution is 7.89. The molecule has 2 amide bonds. The maximum atomic E-state index is 13.0. The lowest BCUT2D eigenvalue weighted by Crippen LogP contribution is -2.50. The zero-order valence-corrected chi connectivity index (χ0v) is 18.3. The second-order valence-electron chi connectivity index (χ2n) is 7.57. The number of piperazine rings is 1. The molecule has 3 rings (SSSR count). The summed E-state index contributed by atoms with van der Waals surface area (Å²) >= 11 is 0. The molecule has 1 N–H and O–H groups in total. The Kier molecular flexibility index (Phi) is 6.58. The van der Waals surface area contributed by atoms with Crippen molar-refractivity contribution in [2.75, 3.05) is 26.2 Å². The monoisotopic (exact) mass is 429 g/mol. The van der Waals surface area contributed by atoms with Crippen molar-refractivity contribution in [1.82, 2.24) is 14.5 Å². The van der Waals surface area contributed by atoms with E-state index in [-0.39, 0.29) is 24.9 Å². The fraction of sp³-hybridized carbons (Fsp3) is 0.364. The van der Waals surface area contributed by atoms with Crippen LogP contribution in [0.25, 0.3) is 0 Å². The Morgan fingerprint density at radius 2 is 1.60 bits per heavy atom. The van der Waals surface area contributed by atoms with Crippen LogP contribution in [0.15, 0.2) is 47.4 Å². The predicted octanol–water partition coefficient (Wildman–Crippen LogP) is 2.09. The molecule has 0 radical (unpaired) electrons. The van der Waals surface area contributed by atoms with E-state index in [1.54, 1.807) is 30.0 Å². The van der Waals surface area contributed by atoms with Gasteiger partial charge in [0.2, 0.25) is 15.9 Å². The normalized spacial score (nSPS) is 15.1. The van der Waals surface area contributed by atoms with Crippen molar-refractivity contribution in [3.8, 4) is 0 Å². The van der Waals surface area contributed by atoms with Crippen LogP contribution in [0.1, 0.15) is 34.0 Å². The number of aryl methyl sites for hydroxylation is 2. The minimum Gasteiger partial charge on any atom is -0.352 e. The highest BCUT2D eigenvalue weighted by atomic mass is 32.2. The molecule has 1 heterocycles. The molecule has 0 atom stereocenters. The molecule has 0 saturated carbocycles. The quantitative estimate of drug-likeness (QED) is 0.789. The number of carbonyl (C=O) groups excluding carboxylic acids is 2. The van der Waals surface area contributed by atoms with Crippen molar-refractivity contribution in [2.45, 2.75) is 32.2 Å². The molecule has 0 aliphatic carbocycles. The topological polar surface area (TPSA) is 86.8 Å². The number of sulfonamides is 1. The lowest BCUT2D eigenvalue weighted by atomic mass is 10.1. The fourth-order valence-corrected chi connectivity index (χ4v) is 5.16. The van der Waals surface area contributed by atoms with Crippen LogP contribution in [0.5, 0.6) is 0 Å². The third-order valence-electron chi connectivity index (χ3n) is 5.23. The van der Waals surface area contributed by atoms with Crippen LogP contribution in [0.2, 0.25) is 0 Å². The molecule has 8 heteroatoms. The summed E-state index contributed by atoms with van der Waals surface area (Å²) in [6.07, 6.45) is 0. The van der Waals surface area contributed by atoms with Crippen molar-refractivity contribution in [2.24, 2.45) is 0 Å². The number of rotatable bonds is 5. The van der Waals surface area contributed by atoms with Crippen LogP contribution in [0.4, 0.5) is 0 Å². The van der Waals surface area contributed by atoms with Crippen LogP contribution in [0, 0.1) is 13.8 Å². The molecule has 1 saturated heterocycles. The van der Waals surface area contributed by atoms with Gasteiger partial charge in [-0.1, -0.05) is 24.3 Å². The summed E-state index contributed by atoms with van der Waals surface area (Å²) in [7, 11) is -3.59. The van der Waals surface area contributed by atoms with E-state index < -0.39 is 10.0 Å². The van der Waals surface area contributed by atoms with Crippen molar-refractivity contribution < 1.29 is 18.0 Å². The van der Waals surface area contributed by atoms with Gasteiger partial charge in [-0.25, -0.2) is 8.42 Å². The van der Waals surface area contributed by atoms with Gasteiger partial charge >= 0.3 is 0 Å². The lowest BCUT2D eigenvalue weighted by Gasteiger charge is -2.34. The van der Waals surface area contributed by atoms with Gasteiger partial charge in [-0.05, 0) is 48.7 Å². The zero-order chi connectivity index (χ0) is 21.9. The Morgan fingerprint density at radius 3 is 2.20 bits per heavy atom. The van der Waals surface area contributed by atoms with E-state index in [0.29, 0.717) is 30.1 Å². The third-order valence-corrected chi connectivity index (χ3v) is 7.27. The van der Waals surface area contributed by atoms with Gasteiger partial charge in [0.25, 0.3) is 5.91 Å². The molecule has 30 heavy (non-hydrogen) atoms. The third kappa shape index (κ3) is 4.88. The van der Waals surface area contributed by atoms with Gasteiger partial charge in [0.15, 0.2) is 0 Å². The maximum Gasteiger partial charge on any atom is 0.253 e.